The fourth-order valence-corrected chi connectivity index (χ4v) is 1.30. The van der Waals surface area contributed by atoms with E-state index in [-0.39, 0.29) is 0 Å². The molecule has 0 aliphatic heterocycles. The average Bonchev–Trinajstić information content (AvgIpc) is 2.03. The van der Waals surface area contributed by atoms with Crippen LogP contribution in [-0.2, 0) is 0 Å². The van der Waals surface area contributed by atoms with E-state index in [0.717, 1.165) is 13.0 Å². The largest absolute Gasteiger partial charge is 0.303 e. The van der Waals surface area contributed by atoms with E-state index in [1.807, 2.05) is 6.08 Å². The summed E-state index contributed by atoms with van der Waals surface area (Å²) in [5.74, 6) is 0. The first-order chi connectivity index (χ1) is 5.26. The van der Waals surface area contributed by atoms with Gasteiger partial charge in [0.25, 0.3) is 0 Å². The zero-order valence-corrected chi connectivity index (χ0v) is 8.14. The number of nitrogens with zero attached hydrogens (tertiary/aromatic N) is 1. The molecule has 0 amide bonds. The SMILES string of the molecule is C=CCC(CCC)N(C)CC. The smallest absolute Gasteiger partial charge is 0.0126 e. The Hall–Kier alpha value is -0.300. The van der Waals surface area contributed by atoms with Crippen molar-refractivity contribution in [2.75, 3.05) is 13.6 Å². The van der Waals surface area contributed by atoms with Crippen molar-refractivity contribution in [1.82, 2.24) is 4.90 Å². The maximum Gasteiger partial charge on any atom is 0.0126 e. The van der Waals surface area contributed by atoms with Crippen LogP contribution in [0.25, 0.3) is 0 Å². The van der Waals surface area contributed by atoms with Crippen LogP contribution in [0.4, 0.5) is 0 Å². The lowest BCUT2D eigenvalue weighted by Crippen LogP contribution is -2.30. The first kappa shape index (κ1) is 10.7. The second-order valence-corrected chi connectivity index (χ2v) is 3.04. The summed E-state index contributed by atoms with van der Waals surface area (Å²) in [5, 5.41) is 0. The van der Waals surface area contributed by atoms with Crippen LogP contribution in [0.3, 0.4) is 0 Å². The molecule has 0 spiro atoms. The Kier molecular flexibility index (Phi) is 6.24. The summed E-state index contributed by atoms with van der Waals surface area (Å²) < 4.78 is 0. The van der Waals surface area contributed by atoms with E-state index < -0.39 is 0 Å². The second kappa shape index (κ2) is 6.41. The fourth-order valence-electron chi connectivity index (χ4n) is 1.30. The van der Waals surface area contributed by atoms with Gasteiger partial charge in [-0.1, -0.05) is 26.3 Å². The Morgan fingerprint density at radius 2 is 2.09 bits per heavy atom. The number of rotatable bonds is 6. The van der Waals surface area contributed by atoms with Crippen molar-refractivity contribution < 1.29 is 0 Å². The minimum atomic E-state index is 0.711. The molecule has 0 aliphatic carbocycles. The molecule has 1 atom stereocenters. The number of hydrogen-bond donors (Lipinski definition) is 0. The van der Waals surface area contributed by atoms with Crippen molar-refractivity contribution in [3.8, 4) is 0 Å². The van der Waals surface area contributed by atoms with Crippen LogP contribution in [0.1, 0.15) is 33.1 Å². The van der Waals surface area contributed by atoms with E-state index in [1.165, 1.54) is 12.8 Å². The molecule has 0 heterocycles. The first-order valence-corrected chi connectivity index (χ1v) is 4.57. The predicted molar refractivity (Wildman–Crippen MR) is 51.8 cm³/mol. The van der Waals surface area contributed by atoms with Gasteiger partial charge in [0.05, 0.1) is 0 Å². The molecule has 0 rings (SSSR count). The second-order valence-electron chi connectivity index (χ2n) is 3.04. The van der Waals surface area contributed by atoms with Crippen LogP contribution < -0.4 is 0 Å². The molecule has 0 aromatic rings. The third kappa shape index (κ3) is 4.20. The van der Waals surface area contributed by atoms with Crippen molar-refractivity contribution >= 4 is 0 Å². The third-order valence-corrected chi connectivity index (χ3v) is 2.18. The molecule has 0 saturated carbocycles. The summed E-state index contributed by atoms with van der Waals surface area (Å²) in [6.45, 7) is 9.35. The lowest BCUT2D eigenvalue weighted by Gasteiger charge is -2.25. The van der Waals surface area contributed by atoms with E-state index in [4.69, 9.17) is 0 Å². The van der Waals surface area contributed by atoms with Gasteiger partial charge in [-0.25, -0.2) is 0 Å². The Balaban J connectivity index is 3.75. The monoisotopic (exact) mass is 155 g/mol. The van der Waals surface area contributed by atoms with Crippen LogP contribution in [-0.4, -0.2) is 24.5 Å². The molecule has 1 unspecified atom stereocenters. The van der Waals surface area contributed by atoms with E-state index in [9.17, 15) is 0 Å². The maximum atomic E-state index is 3.77. The highest BCUT2D eigenvalue weighted by atomic mass is 15.1. The minimum absolute atomic E-state index is 0.711. The lowest BCUT2D eigenvalue weighted by atomic mass is 10.1. The molecule has 66 valence electrons. The van der Waals surface area contributed by atoms with E-state index in [1.54, 1.807) is 0 Å². The summed E-state index contributed by atoms with van der Waals surface area (Å²) >= 11 is 0. The Bertz CT molecular complexity index is 99.0. The van der Waals surface area contributed by atoms with Crippen molar-refractivity contribution in [2.45, 2.75) is 39.2 Å². The zero-order valence-electron chi connectivity index (χ0n) is 8.14. The van der Waals surface area contributed by atoms with Crippen molar-refractivity contribution in [3.05, 3.63) is 12.7 Å². The summed E-state index contributed by atoms with van der Waals surface area (Å²) in [4.78, 5) is 2.39. The van der Waals surface area contributed by atoms with Gasteiger partial charge < -0.3 is 4.90 Å². The Morgan fingerprint density at radius 3 is 2.45 bits per heavy atom. The number of hydrogen-bond acceptors (Lipinski definition) is 1. The van der Waals surface area contributed by atoms with Crippen molar-refractivity contribution in [3.63, 3.8) is 0 Å². The highest BCUT2D eigenvalue weighted by Crippen LogP contribution is 2.08. The van der Waals surface area contributed by atoms with E-state index in [2.05, 4.69) is 32.4 Å². The molecular weight excluding hydrogens is 134 g/mol. The standard InChI is InChI=1S/C10H21N/c1-5-8-10(9-6-2)11(4)7-3/h5,10H,1,6-9H2,2-4H3. The highest BCUT2D eigenvalue weighted by Gasteiger charge is 2.09. The van der Waals surface area contributed by atoms with E-state index >= 15 is 0 Å². The van der Waals surface area contributed by atoms with Crippen molar-refractivity contribution in [1.29, 1.82) is 0 Å². The summed E-state index contributed by atoms with van der Waals surface area (Å²) in [6.07, 6.45) is 5.70. The summed E-state index contributed by atoms with van der Waals surface area (Å²) in [7, 11) is 2.18. The quantitative estimate of drug-likeness (QED) is 0.533. The summed E-state index contributed by atoms with van der Waals surface area (Å²) in [6, 6.07) is 0.711. The minimum Gasteiger partial charge on any atom is -0.303 e. The first-order valence-electron chi connectivity index (χ1n) is 4.57. The van der Waals surface area contributed by atoms with Crippen LogP contribution in [0.5, 0.6) is 0 Å². The van der Waals surface area contributed by atoms with Crippen LogP contribution >= 0.6 is 0 Å². The van der Waals surface area contributed by atoms with E-state index in [0.29, 0.717) is 6.04 Å². The van der Waals surface area contributed by atoms with Gasteiger partial charge in [-0.2, -0.15) is 0 Å². The van der Waals surface area contributed by atoms with Gasteiger partial charge in [-0.05, 0) is 26.4 Å². The zero-order chi connectivity index (χ0) is 8.69. The van der Waals surface area contributed by atoms with Crippen LogP contribution in [0.15, 0.2) is 12.7 Å². The van der Waals surface area contributed by atoms with Gasteiger partial charge in [-0.3, -0.25) is 0 Å². The summed E-state index contributed by atoms with van der Waals surface area (Å²) in [5.41, 5.74) is 0. The van der Waals surface area contributed by atoms with Gasteiger partial charge in [0, 0.05) is 6.04 Å². The Labute approximate surface area is 71.1 Å². The van der Waals surface area contributed by atoms with Gasteiger partial charge in [0.1, 0.15) is 0 Å². The van der Waals surface area contributed by atoms with Gasteiger partial charge in [0.2, 0.25) is 0 Å². The van der Waals surface area contributed by atoms with Crippen LogP contribution in [0, 0.1) is 0 Å². The molecule has 1 heteroatoms. The highest BCUT2D eigenvalue weighted by molar-refractivity contribution is 4.78. The molecule has 0 bridgehead atoms. The topological polar surface area (TPSA) is 3.24 Å². The fraction of sp³-hybridized carbons (Fsp3) is 0.800. The van der Waals surface area contributed by atoms with Gasteiger partial charge in [0.15, 0.2) is 0 Å². The molecule has 1 nitrogen and oxygen atoms in total. The molecule has 0 aromatic carbocycles. The van der Waals surface area contributed by atoms with Crippen molar-refractivity contribution in [2.24, 2.45) is 0 Å². The van der Waals surface area contributed by atoms with Gasteiger partial charge >= 0.3 is 0 Å². The molecule has 0 aliphatic rings. The average molecular weight is 155 g/mol. The lowest BCUT2D eigenvalue weighted by molar-refractivity contribution is 0.241. The maximum absolute atomic E-state index is 3.77. The van der Waals surface area contributed by atoms with Crippen LogP contribution in [0.2, 0.25) is 0 Å². The molecule has 0 fully saturated rings. The third-order valence-electron chi connectivity index (χ3n) is 2.18. The normalized spacial score (nSPS) is 13.5. The molecule has 11 heavy (non-hydrogen) atoms. The van der Waals surface area contributed by atoms with Gasteiger partial charge in [-0.15, -0.1) is 6.58 Å². The molecular formula is C10H21N. The Morgan fingerprint density at radius 1 is 1.45 bits per heavy atom. The molecule has 0 saturated heterocycles. The molecule has 0 aromatic heterocycles. The predicted octanol–water partition coefficient (Wildman–Crippen LogP) is 2.68. The molecule has 0 radical (unpaired) electrons. The molecule has 0 N–H and O–H groups in total.